The average Bonchev–Trinajstić information content (AvgIpc) is 2.59. The van der Waals surface area contributed by atoms with Gasteiger partial charge in [0, 0.05) is 21.8 Å². The fraction of sp³-hybridized carbons (Fsp3) is 0.300. The van der Waals surface area contributed by atoms with E-state index in [4.69, 9.17) is 1.37 Å². The van der Waals surface area contributed by atoms with Crippen molar-refractivity contribution in [1.82, 2.24) is 0 Å². The molecular formula is C20H22O2S. The molecule has 2 aromatic carbocycles. The second kappa shape index (κ2) is 9.31. The average molecular weight is 327 g/mol. The lowest BCUT2D eigenvalue weighted by Gasteiger charge is -2.04. The molecule has 2 aromatic rings. The van der Waals surface area contributed by atoms with E-state index in [2.05, 4.69) is 6.92 Å². The lowest BCUT2D eigenvalue weighted by atomic mass is 10.0. The number of hydrogen-bond acceptors (Lipinski definition) is 3. The molecule has 0 atom stereocenters. The first-order valence-corrected chi connectivity index (χ1v) is 8.84. The Kier molecular flexibility index (Phi) is 6.48. The van der Waals surface area contributed by atoms with Crippen LogP contribution in [0.3, 0.4) is 0 Å². The lowest BCUT2D eigenvalue weighted by Crippen LogP contribution is -2.13. The Morgan fingerprint density at radius 3 is 2.39 bits per heavy atom. The van der Waals surface area contributed by atoms with Gasteiger partial charge in [0.2, 0.25) is 11.6 Å². The largest absolute Gasteiger partial charge is 0.290 e. The van der Waals surface area contributed by atoms with Gasteiger partial charge in [-0.25, -0.2) is 0 Å². The van der Waals surface area contributed by atoms with Gasteiger partial charge < -0.3 is 0 Å². The summed E-state index contributed by atoms with van der Waals surface area (Å²) in [6, 6.07) is 15.0. The third-order valence-electron chi connectivity index (χ3n) is 3.52. The number of ketones is 2. The summed E-state index contributed by atoms with van der Waals surface area (Å²) in [7, 11) is 0. The van der Waals surface area contributed by atoms with Gasteiger partial charge in [0.05, 0.1) is 1.37 Å². The van der Waals surface area contributed by atoms with E-state index in [9.17, 15) is 9.59 Å². The first kappa shape index (κ1) is 16.0. The van der Waals surface area contributed by atoms with E-state index in [0.29, 0.717) is 0 Å². The number of carbonyl (C=O) groups excluding carboxylic acids is 2. The predicted molar refractivity (Wildman–Crippen MR) is 95.1 cm³/mol. The summed E-state index contributed by atoms with van der Waals surface area (Å²) in [5.41, 5.74) is 0.202. The minimum absolute atomic E-state index is 0.114. The van der Waals surface area contributed by atoms with Crippen LogP contribution in [0.15, 0.2) is 64.4 Å². The zero-order valence-electron chi connectivity index (χ0n) is 14.4. The molecule has 3 heteroatoms. The van der Waals surface area contributed by atoms with Gasteiger partial charge in [-0.2, -0.15) is 0 Å². The van der Waals surface area contributed by atoms with E-state index in [0.717, 1.165) is 35.5 Å². The molecule has 2 nitrogen and oxygen atoms in total. The van der Waals surface area contributed by atoms with Crippen LogP contribution in [-0.4, -0.2) is 11.6 Å². The van der Waals surface area contributed by atoms with Crippen molar-refractivity contribution in [2.24, 2.45) is 0 Å². The van der Waals surface area contributed by atoms with E-state index in [1.807, 2.05) is 30.3 Å². The Bertz CT molecular complexity index is 698. The topological polar surface area (TPSA) is 34.1 Å². The number of unbranched alkanes of at least 4 members (excludes halogenated alkanes) is 3. The van der Waals surface area contributed by atoms with Gasteiger partial charge >= 0.3 is 0 Å². The molecule has 0 fully saturated rings. The van der Waals surface area contributed by atoms with E-state index >= 15 is 0 Å². The minimum atomic E-state index is -0.534. The Morgan fingerprint density at radius 1 is 0.957 bits per heavy atom. The van der Waals surface area contributed by atoms with E-state index in [1.165, 1.54) is 11.8 Å². The number of carbonyl (C=O) groups is 2. The van der Waals surface area contributed by atoms with Gasteiger partial charge in [0.15, 0.2) is 0 Å². The number of hydrogen-bond donors (Lipinski definition) is 0. The summed E-state index contributed by atoms with van der Waals surface area (Å²) in [5, 5.41) is 0. The van der Waals surface area contributed by atoms with Crippen molar-refractivity contribution in [3.05, 3.63) is 60.1 Å². The smallest absolute Gasteiger partial charge is 0.228 e. The first-order chi connectivity index (χ1) is 11.6. The van der Waals surface area contributed by atoms with Gasteiger partial charge in [0.25, 0.3) is 0 Å². The highest BCUT2D eigenvalue weighted by molar-refractivity contribution is 7.99. The maximum absolute atomic E-state index is 12.2. The third kappa shape index (κ3) is 5.68. The van der Waals surface area contributed by atoms with Crippen LogP contribution in [0.4, 0.5) is 0 Å². The second-order valence-electron chi connectivity index (χ2n) is 5.42. The Hall–Kier alpha value is -1.87. The van der Waals surface area contributed by atoms with Gasteiger partial charge in [-0.15, -0.1) is 0 Å². The van der Waals surface area contributed by atoms with Crippen molar-refractivity contribution in [3.8, 4) is 0 Å². The molecule has 0 aliphatic carbocycles. The summed E-state index contributed by atoms with van der Waals surface area (Å²) >= 11 is 1.53. The van der Waals surface area contributed by atoms with Crippen LogP contribution < -0.4 is 0 Å². The standard InChI is InChI=1S/C20H22O2S/c1-2-3-4-8-11-19(21)20(22)16-12-14-18(15-13-16)23-17-9-6-5-7-10-17/h5-7,9-10,12-15H,2-4,8,11H2,1H3/i12D. The summed E-state index contributed by atoms with van der Waals surface area (Å²) in [5.74, 6) is -0.921. The monoisotopic (exact) mass is 327 g/mol. The summed E-state index contributed by atoms with van der Waals surface area (Å²) in [6.07, 6.45) is 4.17. The number of benzene rings is 2. The first-order valence-electron chi connectivity index (χ1n) is 8.53. The maximum Gasteiger partial charge on any atom is 0.228 e. The highest BCUT2D eigenvalue weighted by Crippen LogP contribution is 2.27. The quantitative estimate of drug-likeness (QED) is 0.343. The molecule has 0 aromatic heterocycles. The Labute approximate surface area is 143 Å². The van der Waals surface area contributed by atoms with Crippen LogP contribution in [0.1, 0.15) is 50.8 Å². The van der Waals surface area contributed by atoms with Crippen LogP contribution >= 0.6 is 11.8 Å². The van der Waals surface area contributed by atoms with Crippen molar-refractivity contribution in [2.75, 3.05) is 0 Å². The van der Waals surface area contributed by atoms with E-state index in [1.54, 1.807) is 18.2 Å². The molecule has 0 unspecified atom stereocenters. The van der Waals surface area contributed by atoms with Crippen molar-refractivity contribution in [2.45, 2.75) is 48.8 Å². The van der Waals surface area contributed by atoms with Gasteiger partial charge in [-0.1, -0.05) is 56.1 Å². The van der Waals surface area contributed by atoms with Gasteiger partial charge in [0.1, 0.15) is 0 Å². The van der Waals surface area contributed by atoms with E-state index in [-0.39, 0.29) is 23.8 Å². The zero-order chi connectivity index (χ0) is 17.4. The van der Waals surface area contributed by atoms with Crippen molar-refractivity contribution in [3.63, 3.8) is 0 Å². The van der Waals surface area contributed by atoms with Crippen LogP contribution in [0.5, 0.6) is 0 Å². The molecule has 2 rings (SSSR count). The Morgan fingerprint density at radius 2 is 1.70 bits per heavy atom. The summed E-state index contributed by atoms with van der Waals surface area (Å²) in [4.78, 5) is 26.2. The normalized spacial score (nSPS) is 11.1. The molecule has 0 spiro atoms. The molecule has 0 heterocycles. The summed E-state index contributed by atoms with van der Waals surface area (Å²) < 4.78 is 8.06. The highest BCUT2D eigenvalue weighted by atomic mass is 32.2. The van der Waals surface area contributed by atoms with E-state index < -0.39 is 5.78 Å². The molecule has 120 valence electrons. The molecule has 23 heavy (non-hydrogen) atoms. The van der Waals surface area contributed by atoms with Gasteiger partial charge in [-0.05, 0) is 42.8 Å². The van der Waals surface area contributed by atoms with Crippen LogP contribution in [0.25, 0.3) is 0 Å². The number of rotatable bonds is 9. The third-order valence-corrected chi connectivity index (χ3v) is 4.52. The molecule has 0 radical (unpaired) electrons. The predicted octanol–water partition coefficient (Wildman–Crippen LogP) is 5.56. The van der Waals surface area contributed by atoms with Gasteiger partial charge in [-0.3, -0.25) is 9.59 Å². The molecule has 0 aliphatic rings. The fourth-order valence-corrected chi connectivity index (χ4v) is 3.04. The minimum Gasteiger partial charge on any atom is -0.290 e. The van der Waals surface area contributed by atoms with Crippen LogP contribution in [0.2, 0.25) is 0 Å². The molecule has 0 N–H and O–H groups in total. The molecule has 0 aliphatic heterocycles. The maximum atomic E-state index is 12.2. The highest BCUT2D eigenvalue weighted by Gasteiger charge is 2.15. The molecule has 0 bridgehead atoms. The van der Waals surface area contributed by atoms with Crippen LogP contribution in [-0.2, 0) is 4.79 Å². The van der Waals surface area contributed by atoms with Crippen molar-refractivity contribution < 1.29 is 11.0 Å². The SMILES string of the molecule is [2H]c1cc(Sc2ccccc2)ccc1C(=O)C(=O)CCCCCC. The lowest BCUT2D eigenvalue weighted by molar-refractivity contribution is -0.115. The summed E-state index contributed by atoms with van der Waals surface area (Å²) in [6.45, 7) is 2.11. The Balaban J connectivity index is 2.01. The fourth-order valence-electron chi connectivity index (χ4n) is 2.22. The molecule has 0 saturated carbocycles. The van der Waals surface area contributed by atoms with Crippen molar-refractivity contribution in [1.29, 1.82) is 0 Å². The molecule has 0 amide bonds. The van der Waals surface area contributed by atoms with Crippen molar-refractivity contribution >= 4 is 23.3 Å². The molecular weight excluding hydrogens is 304 g/mol. The molecule has 0 saturated heterocycles. The van der Waals surface area contributed by atoms with Crippen LogP contribution in [0, 0.1) is 0 Å². The number of Topliss-reactive ketones (excluding diaryl/α,β-unsaturated/α-hetero) is 2. The zero-order valence-corrected chi connectivity index (χ0v) is 14.2. The second-order valence-corrected chi connectivity index (χ2v) is 6.56.